The second-order valence-electron chi connectivity index (χ2n) is 5.24. The second-order valence-corrected chi connectivity index (χ2v) is 6.09. The number of nitrogens with two attached hydrogens (primary N) is 1. The summed E-state index contributed by atoms with van der Waals surface area (Å²) < 4.78 is 6.41. The predicted octanol–water partition coefficient (Wildman–Crippen LogP) is 4.17. The number of para-hydroxylation sites is 1. The number of ketones is 1. The van der Waals surface area contributed by atoms with Crippen LogP contribution in [0.5, 0.6) is 5.75 Å². The molecular formula is C17H16BrNO2. The first-order valence-electron chi connectivity index (χ1n) is 6.95. The highest BCUT2D eigenvalue weighted by molar-refractivity contribution is 9.10. The fraction of sp³-hybridized carbons (Fsp3) is 0.235. The number of fused-ring (bicyclic) bond motifs is 1. The molecule has 108 valence electrons. The Bertz CT molecular complexity index is 684. The fourth-order valence-electron chi connectivity index (χ4n) is 2.67. The zero-order valence-electron chi connectivity index (χ0n) is 11.5. The van der Waals surface area contributed by atoms with Crippen LogP contribution in [0.1, 0.15) is 34.7 Å². The molecule has 0 saturated carbocycles. The van der Waals surface area contributed by atoms with E-state index in [1.54, 1.807) is 18.2 Å². The second kappa shape index (κ2) is 5.90. The zero-order valence-corrected chi connectivity index (χ0v) is 13.1. The van der Waals surface area contributed by atoms with Gasteiger partial charge in [0.2, 0.25) is 0 Å². The van der Waals surface area contributed by atoms with Gasteiger partial charge in [0, 0.05) is 22.1 Å². The molecule has 3 nitrogen and oxygen atoms in total. The maximum atomic E-state index is 12.5. The van der Waals surface area contributed by atoms with E-state index in [1.165, 1.54) is 0 Å². The molecule has 1 aliphatic heterocycles. The monoisotopic (exact) mass is 345 g/mol. The Balaban J connectivity index is 1.81. The van der Waals surface area contributed by atoms with Crippen LogP contribution in [-0.2, 0) is 0 Å². The van der Waals surface area contributed by atoms with Gasteiger partial charge >= 0.3 is 0 Å². The molecule has 1 aliphatic rings. The Morgan fingerprint density at radius 1 is 1.29 bits per heavy atom. The highest BCUT2D eigenvalue weighted by Gasteiger charge is 2.24. The first-order chi connectivity index (χ1) is 10.1. The lowest BCUT2D eigenvalue weighted by atomic mass is 9.87. The maximum absolute atomic E-state index is 12.5. The molecule has 21 heavy (non-hydrogen) atoms. The van der Waals surface area contributed by atoms with Crippen molar-refractivity contribution in [1.82, 2.24) is 0 Å². The van der Waals surface area contributed by atoms with Gasteiger partial charge in [-0.1, -0.05) is 18.2 Å². The molecule has 0 fully saturated rings. The van der Waals surface area contributed by atoms with Crippen molar-refractivity contribution in [1.29, 1.82) is 0 Å². The van der Waals surface area contributed by atoms with Crippen molar-refractivity contribution in [2.75, 3.05) is 12.3 Å². The molecule has 0 aromatic heterocycles. The van der Waals surface area contributed by atoms with Crippen LogP contribution in [0, 0.1) is 0 Å². The predicted molar refractivity (Wildman–Crippen MR) is 86.8 cm³/mol. The van der Waals surface area contributed by atoms with E-state index in [4.69, 9.17) is 10.5 Å². The highest BCUT2D eigenvalue weighted by atomic mass is 79.9. The van der Waals surface area contributed by atoms with Crippen molar-refractivity contribution in [3.8, 4) is 5.75 Å². The van der Waals surface area contributed by atoms with Crippen molar-refractivity contribution in [3.63, 3.8) is 0 Å². The Hall–Kier alpha value is -1.81. The molecule has 0 aliphatic carbocycles. The van der Waals surface area contributed by atoms with Crippen LogP contribution >= 0.6 is 15.9 Å². The number of ether oxygens (including phenoxy) is 1. The third-order valence-electron chi connectivity index (χ3n) is 3.84. The number of carbonyl (C=O) groups is 1. The molecule has 0 bridgehead atoms. The quantitative estimate of drug-likeness (QED) is 0.670. The van der Waals surface area contributed by atoms with E-state index in [0.717, 1.165) is 22.2 Å². The Morgan fingerprint density at radius 3 is 2.90 bits per heavy atom. The number of anilines is 1. The van der Waals surface area contributed by atoms with E-state index in [1.807, 2.05) is 24.3 Å². The van der Waals surface area contributed by atoms with Crippen LogP contribution in [-0.4, -0.2) is 12.4 Å². The average Bonchev–Trinajstić information content (AvgIpc) is 2.50. The molecular weight excluding hydrogens is 330 g/mol. The first-order valence-corrected chi connectivity index (χ1v) is 7.74. The summed E-state index contributed by atoms with van der Waals surface area (Å²) in [6.45, 7) is 0.667. The number of halogens is 1. The number of hydrogen-bond donors (Lipinski definition) is 1. The van der Waals surface area contributed by atoms with Gasteiger partial charge in [-0.3, -0.25) is 4.79 Å². The average molecular weight is 346 g/mol. The van der Waals surface area contributed by atoms with E-state index in [9.17, 15) is 4.79 Å². The van der Waals surface area contributed by atoms with Gasteiger partial charge in [-0.25, -0.2) is 0 Å². The van der Waals surface area contributed by atoms with Crippen LogP contribution in [0.4, 0.5) is 5.69 Å². The van der Waals surface area contributed by atoms with Crippen molar-refractivity contribution >= 4 is 27.4 Å². The summed E-state index contributed by atoms with van der Waals surface area (Å²) in [5, 5.41) is 0. The minimum Gasteiger partial charge on any atom is -0.493 e. The summed E-state index contributed by atoms with van der Waals surface area (Å²) in [4.78, 5) is 12.5. The molecule has 2 N–H and O–H groups in total. The summed E-state index contributed by atoms with van der Waals surface area (Å²) in [6, 6.07) is 13.3. The van der Waals surface area contributed by atoms with Gasteiger partial charge < -0.3 is 10.5 Å². The van der Waals surface area contributed by atoms with E-state index in [-0.39, 0.29) is 11.7 Å². The molecule has 2 aromatic carbocycles. The number of rotatable bonds is 3. The topological polar surface area (TPSA) is 52.3 Å². The van der Waals surface area contributed by atoms with Crippen molar-refractivity contribution in [2.24, 2.45) is 0 Å². The first kappa shape index (κ1) is 14.1. The molecule has 3 rings (SSSR count). The summed E-state index contributed by atoms with van der Waals surface area (Å²) in [5.41, 5.74) is 8.23. The third kappa shape index (κ3) is 2.95. The lowest BCUT2D eigenvalue weighted by Crippen LogP contribution is -2.17. The van der Waals surface area contributed by atoms with E-state index < -0.39 is 0 Å². The molecule has 0 spiro atoms. The van der Waals surface area contributed by atoms with E-state index in [0.29, 0.717) is 24.3 Å². The Kier molecular flexibility index (Phi) is 3.97. The number of Topliss-reactive ketones (excluding diaryl/α,β-unsaturated/α-hetero) is 1. The number of nitrogen functional groups attached to an aromatic ring is 1. The summed E-state index contributed by atoms with van der Waals surface area (Å²) in [7, 11) is 0. The molecule has 0 saturated heterocycles. The number of benzene rings is 2. The standard InChI is InChI=1S/C17H16BrNO2/c18-14-9-12(5-6-15(14)19)16(20)10-11-7-8-21-17-4-2-1-3-13(11)17/h1-6,9,11H,7-8,10,19H2. The largest absolute Gasteiger partial charge is 0.493 e. The molecule has 0 amide bonds. The molecule has 1 heterocycles. The lowest BCUT2D eigenvalue weighted by Gasteiger charge is -2.25. The molecule has 1 unspecified atom stereocenters. The summed E-state index contributed by atoms with van der Waals surface area (Å²) in [6.07, 6.45) is 1.37. The normalized spacial score (nSPS) is 16.9. The molecule has 0 radical (unpaired) electrons. The molecule has 1 atom stereocenters. The van der Waals surface area contributed by atoms with Gasteiger partial charge in [-0.05, 0) is 58.1 Å². The number of carbonyl (C=O) groups excluding carboxylic acids is 1. The van der Waals surface area contributed by atoms with Gasteiger partial charge in [0.1, 0.15) is 5.75 Å². The lowest BCUT2D eigenvalue weighted by molar-refractivity contribution is 0.0966. The van der Waals surface area contributed by atoms with Crippen LogP contribution < -0.4 is 10.5 Å². The zero-order chi connectivity index (χ0) is 14.8. The number of hydrogen-bond acceptors (Lipinski definition) is 3. The smallest absolute Gasteiger partial charge is 0.163 e. The maximum Gasteiger partial charge on any atom is 0.163 e. The highest BCUT2D eigenvalue weighted by Crippen LogP contribution is 2.36. The van der Waals surface area contributed by atoms with E-state index >= 15 is 0 Å². The van der Waals surface area contributed by atoms with Gasteiger partial charge in [-0.15, -0.1) is 0 Å². The summed E-state index contributed by atoms with van der Waals surface area (Å²) in [5.74, 6) is 1.26. The van der Waals surface area contributed by atoms with Crippen LogP contribution in [0.2, 0.25) is 0 Å². The third-order valence-corrected chi connectivity index (χ3v) is 4.52. The minimum absolute atomic E-state index is 0.136. The van der Waals surface area contributed by atoms with Crippen LogP contribution in [0.15, 0.2) is 46.9 Å². The summed E-state index contributed by atoms with van der Waals surface area (Å²) >= 11 is 3.37. The Labute approximate surface area is 132 Å². The van der Waals surface area contributed by atoms with Crippen LogP contribution in [0.3, 0.4) is 0 Å². The van der Waals surface area contributed by atoms with E-state index in [2.05, 4.69) is 15.9 Å². The molecule has 2 aromatic rings. The van der Waals surface area contributed by atoms with Crippen LogP contribution in [0.25, 0.3) is 0 Å². The Morgan fingerprint density at radius 2 is 2.10 bits per heavy atom. The van der Waals surface area contributed by atoms with Gasteiger partial charge in [-0.2, -0.15) is 0 Å². The van der Waals surface area contributed by atoms with Crippen molar-refractivity contribution in [3.05, 3.63) is 58.1 Å². The minimum atomic E-state index is 0.136. The van der Waals surface area contributed by atoms with Gasteiger partial charge in [0.15, 0.2) is 5.78 Å². The SMILES string of the molecule is Nc1ccc(C(=O)CC2CCOc3ccccc32)cc1Br. The van der Waals surface area contributed by atoms with Gasteiger partial charge in [0.05, 0.1) is 6.61 Å². The van der Waals surface area contributed by atoms with Gasteiger partial charge in [0.25, 0.3) is 0 Å². The van der Waals surface area contributed by atoms with Crippen molar-refractivity contribution < 1.29 is 9.53 Å². The molecule has 4 heteroatoms. The fourth-order valence-corrected chi connectivity index (χ4v) is 3.05. The van der Waals surface area contributed by atoms with Crippen molar-refractivity contribution in [2.45, 2.75) is 18.8 Å².